The maximum Gasteiger partial charge on any atom is 0.342 e. The summed E-state index contributed by atoms with van der Waals surface area (Å²) in [5.41, 5.74) is 0. The lowest BCUT2D eigenvalue weighted by Crippen LogP contribution is -2.21. The Morgan fingerprint density at radius 3 is 1.90 bits per heavy atom. The molecule has 0 aromatic rings. The van der Waals surface area contributed by atoms with E-state index < -0.39 is 21.0 Å². The van der Waals surface area contributed by atoms with E-state index in [-0.39, 0.29) is 0 Å². The Kier molecular flexibility index (Phi) is 2.44. The van der Waals surface area contributed by atoms with Gasteiger partial charge in [-0.25, -0.2) is 0 Å². The van der Waals surface area contributed by atoms with Crippen LogP contribution in [0, 0.1) is 0 Å². The third-order valence-electron chi connectivity index (χ3n) is 0.621. The van der Waals surface area contributed by atoms with Crippen molar-refractivity contribution in [2.75, 3.05) is 0 Å². The molecular weight excluding hydrogens is 160 g/mol. The zero-order valence-corrected chi connectivity index (χ0v) is 5.59. The van der Waals surface area contributed by atoms with Crippen molar-refractivity contribution >= 4 is 21.0 Å². The summed E-state index contributed by atoms with van der Waals surface area (Å²) in [6, 6.07) is 0. The van der Waals surface area contributed by atoms with Crippen LogP contribution in [0.1, 0.15) is 0 Å². The highest BCUT2D eigenvalue weighted by molar-refractivity contribution is 8.03. The molecule has 0 radical (unpaired) electrons. The van der Waals surface area contributed by atoms with Crippen molar-refractivity contribution in [1.29, 1.82) is 0 Å². The molecule has 0 heterocycles. The van der Waals surface area contributed by atoms with Gasteiger partial charge < -0.3 is 0 Å². The fourth-order valence-corrected chi connectivity index (χ4v) is 0.548. The van der Waals surface area contributed by atoms with Crippen molar-refractivity contribution in [3.05, 3.63) is 12.7 Å². The van der Waals surface area contributed by atoms with E-state index in [1.807, 2.05) is 0 Å². The molecule has 0 unspecified atom stereocenters. The molecule has 0 saturated carbocycles. The highest BCUT2D eigenvalue weighted by Gasteiger charge is 2.24. The summed E-state index contributed by atoms with van der Waals surface area (Å²) >= 11 is 0. The molecule has 0 atom stereocenters. The van der Waals surface area contributed by atoms with Crippen LogP contribution >= 0.6 is 0 Å². The molecule has 0 aliphatic heterocycles. The quantitative estimate of drug-likeness (QED) is 0.326. The minimum atomic E-state index is -4.87. The first-order chi connectivity index (χ1) is 4.39. The highest BCUT2D eigenvalue weighted by atomic mass is 32.2. The van der Waals surface area contributed by atoms with Gasteiger partial charge in [0.2, 0.25) is 5.78 Å². The minimum Gasteiger partial charge on any atom is -0.285 e. The van der Waals surface area contributed by atoms with E-state index in [2.05, 4.69) is 6.58 Å². The van der Waals surface area contributed by atoms with Gasteiger partial charge in [0.25, 0.3) is 0 Å². The summed E-state index contributed by atoms with van der Waals surface area (Å²) < 4.78 is 27.7. The number of ketones is 1. The molecule has 56 valence electrons. The lowest BCUT2D eigenvalue weighted by atomic mass is 10.4. The van der Waals surface area contributed by atoms with Crippen molar-refractivity contribution < 1.29 is 22.6 Å². The van der Waals surface area contributed by atoms with Crippen molar-refractivity contribution in [2.24, 2.45) is 0 Å². The minimum absolute atomic E-state index is 0.510. The Hall–Kier alpha value is -1.01. The van der Waals surface area contributed by atoms with Crippen LogP contribution < -0.4 is 0 Å². The molecule has 0 fully saturated rings. The van der Waals surface area contributed by atoms with Crippen LogP contribution in [0.25, 0.3) is 0 Å². The second-order valence-corrected chi connectivity index (χ2v) is 2.65. The molecule has 10 heavy (non-hydrogen) atoms. The van der Waals surface area contributed by atoms with Gasteiger partial charge in [-0.1, -0.05) is 6.58 Å². The van der Waals surface area contributed by atoms with E-state index in [0.717, 1.165) is 0 Å². The zero-order chi connectivity index (χ0) is 8.36. The second kappa shape index (κ2) is 2.72. The standard InChI is InChI=1S/C4H4O5S/c1-2-3(5)4(6)10(7,8)9/h2H,1H2,(H,7,8,9). The largest absolute Gasteiger partial charge is 0.342 e. The summed E-state index contributed by atoms with van der Waals surface area (Å²) in [5, 5.41) is -1.86. The molecule has 0 amide bonds. The predicted molar refractivity (Wildman–Crippen MR) is 31.8 cm³/mol. The third-order valence-corrected chi connectivity index (χ3v) is 1.29. The summed E-state index contributed by atoms with van der Waals surface area (Å²) in [7, 11) is -4.87. The zero-order valence-electron chi connectivity index (χ0n) is 4.77. The number of hydrogen-bond acceptors (Lipinski definition) is 4. The number of carbonyl (C=O) groups is 2. The highest BCUT2D eigenvalue weighted by Crippen LogP contribution is 1.87. The van der Waals surface area contributed by atoms with E-state index in [4.69, 9.17) is 4.55 Å². The topological polar surface area (TPSA) is 88.5 Å². The average molecular weight is 164 g/mol. The fourth-order valence-electron chi connectivity index (χ4n) is 0.210. The molecule has 6 heteroatoms. The molecule has 0 spiro atoms. The van der Waals surface area contributed by atoms with E-state index in [0.29, 0.717) is 6.08 Å². The van der Waals surface area contributed by atoms with Gasteiger partial charge in [0.15, 0.2) is 0 Å². The lowest BCUT2D eigenvalue weighted by molar-refractivity contribution is -0.129. The Bertz CT molecular complexity index is 272. The van der Waals surface area contributed by atoms with Gasteiger partial charge in [-0.2, -0.15) is 8.42 Å². The van der Waals surface area contributed by atoms with Gasteiger partial charge >= 0.3 is 15.2 Å². The first kappa shape index (κ1) is 8.99. The molecule has 5 nitrogen and oxygen atoms in total. The smallest absolute Gasteiger partial charge is 0.285 e. The summed E-state index contributed by atoms with van der Waals surface area (Å²) in [6.45, 7) is 2.85. The van der Waals surface area contributed by atoms with E-state index >= 15 is 0 Å². The van der Waals surface area contributed by atoms with E-state index in [1.54, 1.807) is 0 Å². The van der Waals surface area contributed by atoms with Gasteiger partial charge in [0, 0.05) is 0 Å². The summed E-state index contributed by atoms with van der Waals surface area (Å²) in [4.78, 5) is 20.3. The van der Waals surface area contributed by atoms with Crippen LogP contribution in [-0.2, 0) is 19.7 Å². The molecule has 0 aromatic heterocycles. The second-order valence-electron chi connectivity index (χ2n) is 1.33. The van der Waals surface area contributed by atoms with Gasteiger partial charge in [0.05, 0.1) is 0 Å². The van der Waals surface area contributed by atoms with Gasteiger partial charge in [-0.05, 0) is 6.08 Å². The molecular formula is C4H4O5S. The van der Waals surface area contributed by atoms with Crippen LogP contribution in [0.15, 0.2) is 12.7 Å². The first-order valence-corrected chi connectivity index (χ1v) is 3.52. The molecule has 0 bridgehead atoms. The number of rotatable bonds is 2. The molecule has 0 saturated heterocycles. The van der Waals surface area contributed by atoms with Gasteiger partial charge in [0.1, 0.15) is 0 Å². The van der Waals surface area contributed by atoms with Crippen LogP contribution in [0.3, 0.4) is 0 Å². The van der Waals surface area contributed by atoms with Crippen LogP contribution in [0.4, 0.5) is 0 Å². The molecule has 1 N–H and O–H groups in total. The number of allylic oxidation sites excluding steroid dienone is 1. The van der Waals surface area contributed by atoms with Crippen molar-refractivity contribution in [3.8, 4) is 0 Å². The van der Waals surface area contributed by atoms with Gasteiger partial charge in [-0.3, -0.25) is 14.1 Å². The molecule has 0 aliphatic rings. The van der Waals surface area contributed by atoms with Crippen LogP contribution in [0.5, 0.6) is 0 Å². The molecule has 0 aromatic carbocycles. The predicted octanol–water partition coefficient (Wildman–Crippen LogP) is -0.844. The Morgan fingerprint density at radius 2 is 1.80 bits per heavy atom. The SMILES string of the molecule is C=CC(=O)C(=O)S(=O)(=O)O. The average Bonchev–Trinajstić information content (AvgIpc) is 1.83. The maximum atomic E-state index is 10.2. The first-order valence-electron chi connectivity index (χ1n) is 2.08. The monoisotopic (exact) mass is 164 g/mol. The van der Waals surface area contributed by atoms with E-state index in [1.165, 1.54) is 0 Å². The number of hydrogen-bond donors (Lipinski definition) is 1. The maximum absolute atomic E-state index is 10.2. The van der Waals surface area contributed by atoms with Crippen molar-refractivity contribution in [2.45, 2.75) is 0 Å². The van der Waals surface area contributed by atoms with Gasteiger partial charge in [-0.15, -0.1) is 0 Å². The Labute approximate surface area is 57.1 Å². The van der Waals surface area contributed by atoms with Crippen molar-refractivity contribution in [3.63, 3.8) is 0 Å². The normalized spacial score (nSPS) is 10.5. The van der Waals surface area contributed by atoms with E-state index in [9.17, 15) is 18.0 Å². The molecule has 0 aliphatic carbocycles. The summed E-state index contributed by atoms with van der Waals surface area (Å²) in [5.74, 6) is -1.34. The fraction of sp³-hybridized carbons (Fsp3) is 0. The molecule has 0 rings (SSSR count). The van der Waals surface area contributed by atoms with Crippen molar-refractivity contribution in [1.82, 2.24) is 0 Å². The number of carbonyl (C=O) groups excluding carboxylic acids is 2. The summed E-state index contributed by atoms with van der Waals surface area (Å²) in [6.07, 6.45) is 0.510. The lowest BCUT2D eigenvalue weighted by Gasteiger charge is -1.86. The Balaban J connectivity index is 4.73. The Morgan fingerprint density at radius 1 is 1.40 bits per heavy atom. The van der Waals surface area contributed by atoms with Crippen LogP contribution in [-0.4, -0.2) is 23.9 Å². The third kappa shape index (κ3) is 2.08. The van der Waals surface area contributed by atoms with Crippen LogP contribution in [0.2, 0.25) is 0 Å².